The molecule has 0 unspecified atom stereocenters. The molecule has 4 nitrogen and oxygen atoms in total. The fourth-order valence-electron chi connectivity index (χ4n) is 2.24. The maximum Gasteiger partial charge on any atom is 0.264 e. The van der Waals surface area contributed by atoms with E-state index in [2.05, 4.69) is 9.97 Å². The van der Waals surface area contributed by atoms with E-state index in [-0.39, 0.29) is 21.4 Å². The number of H-pyrrole nitrogens is 1. The average Bonchev–Trinajstić information content (AvgIpc) is 2.90. The number of rotatable bonds is 2. The summed E-state index contributed by atoms with van der Waals surface area (Å²) < 4.78 is 28.4. The number of thiophene rings is 1. The van der Waals surface area contributed by atoms with Crippen molar-refractivity contribution < 1.29 is 8.78 Å². The van der Waals surface area contributed by atoms with E-state index in [0.29, 0.717) is 5.69 Å². The highest BCUT2D eigenvalue weighted by atomic mass is 32.1. The van der Waals surface area contributed by atoms with Crippen molar-refractivity contribution in [3.8, 4) is 10.6 Å². The third kappa shape index (κ3) is 2.38. The molecule has 114 valence electrons. The molecule has 3 rings (SSSR count). The number of nitrogens with one attached hydrogen (secondary N) is 1. The van der Waals surface area contributed by atoms with E-state index < -0.39 is 12.0 Å². The second-order valence-corrected chi connectivity index (χ2v) is 6.50. The lowest BCUT2D eigenvalue weighted by atomic mass is 10.1. The zero-order valence-electron chi connectivity index (χ0n) is 11.7. The van der Waals surface area contributed by atoms with Crippen LogP contribution in [-0.2, 0) is 7.05 Å². The number of hydrogen-bond donors (Lipinski definition) is 1. The predicted molar refractivity (Wildman–Crippen MR) is 85.2 cm³/mol. The molecule has 0 bridgehead atoms. The largest absolute Gasteiger partial charge is 0.306 e. The van der Waals surface area contributed by atoms with Gasteiger partial charge in [0, 0.05) is 17.5 Å². The molecule has 0 aliphatic rings. The van der Waals surface area contributed by atoms with Crippen LogP contribution in [0.4, 0.5) is 8.78 Å². The molecule has 1 N–H and O–H groups in total. The highest BCUT2D eigenvalue weighted by Gasteiger charge is 2.19. The summed E-state index contributed by atoms with van der Waals surface area (Å²) in [5, 5.41) is -0.122. The van der Waals surface area contributed by atoms with Crippen molar-refractivity contribution in [2.24, 2.45) is 7.05 Å². The molecule has 3 aromatic heterocycles. The molecular weight excluding hydrogens is 328 g/mol. The number of halogens is 2. The standard InChI is InChI=1S/C14H11F2N3OS2/c1-6-3-4-9(22-6)8-5-7(11(15)16)10-12(17-8)19(2)14(21)18-13(10)20/h3-5,11H,1-2H3,(H,18,20,21). The van der Waals surface area contributed by atoms with Gasteiger partial charge in [0.2, 0.25) is 0 Å². The molecule has 0 saturated carbocycles. The predicted octanol–water partition coefficient (Wildman–Crippen LogP) is 3.97. The Bertz CT molecular complexity index is 988. The molecule has 8 heteroatoms. The van der Waals surface area contributed by atoms with Crippen LogP contribution in [0, 0.1) is 11.7 Å². The molecule has 3 aromatic rings. The molecule has 0 atom stereocenters. The zero-order valence-corrected chi connectivity index (χ0v) is 13.3. The minimum Gasteiger partial charge on any atom is -0.306 e. The van der Waals surface area contributed by atoms with E-state index in [1.165, 1.54) is 22.0 Å². The number of fused-ring (bicyclic) bond motifs is 1. The molecule has 0 aliphatic carbocycles. The van der Waals surface area contributed by atoms with Crippen LogP contribution < -0.4 is 5.56 Å². The first-order valence-corrected chi connectivity index (χ1v) is 7.60. The Hall–Kier alpha value is -1.93. The smallest absolute Gasteiger partial charge is 0.264 e. The normalized spacial score (nSPS) is 11.5. The van der Waals surface area contributed by atoms with Crippen molar-refractivity contribution >= 4 is 34.6 Å². The highest BCUT2D eigenvalue weighted by molar-refractivity contribution is 7.71. The van der Waals surface area contributed by atoms with E-state index in [1.54, 1.807) is 7.05 Å². The van der Waals surface area contributed by atoms with Gasteiger partial charge >= 0.3 is 0 Å². The quantitative estimate of drug-likeness (QED) is 0.719. The first kappa shape index (κ1) is 15.0. The fourth-order valence-corrected chi connectivity index (χ4v) is 3.24. The van der Waals surface area contributed by atoms with E-state index >= 15 is 0 Å². The van der Waals surface area contributed by atoms with Crippen LogP contribution in [-0.4, -0.2) is 14.5 Å². The number of aromatic nitrogens is 3. The summed E-state index contributed by atoms with van der Waals surface area (Å²) in [7, 11) is 1.59. The number of aromatic amines is 1. The topological polar surface area (TPSA) is 50.7 Å². The third-order valence-corrected chi connectivity index (χ3v) is 4.73. The van der Waals surface area contributed by atoms with Crippen LogP contribution in [0.2, 0.25) is 0 Å². The van der Waals surface area contributed by atoms with Gasteiger partial charge in [-0.15, -0.1) is 11.3 Å². The molecule has 0 aliphatic heterocycles. The maximum atomic E-state index is 13.4. The summed E-state index contributed by atoms with van der Waals surface area (Å²) >= 11 is 6.48. The van der Waals surface area contributed by atoms with Crippen molar-refractivity contribution in [1.82, 2.24) is 14.5 Å². The van der Waals surface area contributed by atoms with Crippen molar-refractivity contribution in [3.63, 3.8) is 0 Å². The molecule has 0 aromatic carbocycles. The van der Waals surface area contributed by atoms with E-state index in [9.17, 15) is 13.6 Å². The van der Waals surface area contributed by atoms with Crippen LogP contribution in [0.1, 0.15) is 16.9 Å². The fraction of sp³-hybridized carbons (Fsp3) is 0.214. The van der Waals surface area contributed by atoms with Gasteiger partial charge in [-0.3, -0.25) is 9.78 Å². The van der Waals surface area contributed by atoms with Crippen molar-refractivity contribution in [2.75, 3.05) is 0 Å². The molecule has 3 heterocycles. The Morgan fingerprint density at radius 1 is 1.41 bits per heavy atom. The second-order valence-electron chi connectivity index (χ2n) is 4.82. The Balaban J connectivity index is 2.46. The Morgan fingerprint density at radius 2 is 2.14 bits per heavy atom. The number of aryl methyl sites for hydroxylation is 2. The van der Waals surface area contributed by atoms with Crippen molar-refractivity contribution in [1.29, 1.82) is 0 Å². The van der Waals surface area contributed by atoms with Crippen molar-refractivity contribution in [3.05, 3.63) is 43.8 Å². The van der Waals surface area contributed by atoms with E-state index in [4.69, 9.17) is 12.2 Å². The summed E-state index contributed by atoms with van der Waals surface area (Å²) in [6.07, 6.45) is -2.78. The minimum absolute atomic E-state index is 0.122. The molecule has 0 radical (unpaired) electrons. The summed E-state index contributed by atoms with van der Waals surface area (Å²) in [6.45, 7) is 1.93. The molecule has 0 amide bonds. The van der Waals surface area contributed by atoms with Crippen LogP contribution in [0.15, 0.2) is 23.0 Å². The van der Waals surface area contributed by atoms with Gasteiger partial charge in [-0.25, -0.2) is 13.8 Å². The van der Waals surface area contributed by atoms with Crippen LogP contribution in [0.25, 0.3) is 21.6 Å². The number of pyridine rings is 1. The van der Waals surface area contributed by atoms with Crippen LogP contribution in [0.3, 0.4) is 0 Å². The van der Waals surface area contributed by atoms with Gasteiger partial charge in [-0.1, -0.05) is 0 Å². The van der Waals surface area contributed by atoms with Gasteiger partial charge in [0.05, 0.1) is 16.0 Å². The Labute approximate surface area is 133 Å². The summed E-state index contributed by atoms with van der Waals surface area (Å²) in [4.78, 5) is 20.6. The Morgan fingerprint density at radius 3 is 2.73 bits per heavy atom. The molecule has 0 saturated heterocycles. The summed E-state index contributed by atoms with van der Waals surface area (Å²) in [6, 6.07) is 4.99. The lowest BCUT2D eigenvalue weighted by Gasteiger charge is -2.10. The van der Waals surface area contributed by atoms with E-state index in [1.807, 2.05) is 19.1 Å². The van der Waals surface area contributed by atoms with Crippen LogP contribution >= 0.6 is 23.6 Å². The number of nitrogens with zero attached hydrogens (tertiary/aromatic N) is 2. The highest BCUT2D eigenvalue weighted by Crippen LogP contribution is 2.32. The SMILES string of the molecule is Cc1ccc(-c2cc(C(F)F)c3c(=O)[nH]c(=S)n(C)c3n2)s1. The van der Waals surface area contributed by atoms with Crippen LogP contribution in [0.5, 0.6) is 0 Å². The third-order valence-electron chi connectivity index (χ3n) is 3.33. The average molecular weight is 339 g/mol. The molecule has 22 heavy (non-hydrogen) atoms. The van der Waals surface area contributed by atoms with Gasteiger partial charge in [0.25, 0.3) is 12.0 Å². The lowest BCUT2D eigenvalue weighted by Crippen LogP contribution is -2.16. The number of alkyl halides is 2. The van der Waals surface area contributed by atoms with Gasteiger partial charge in [-0.05, 0) is 37.3 Å². The van der Waals surface area contributed by atoms with Crippen molar-refractivity contribution in [2.45, 2.75) is 13.3 Å². The zero-order chi connectivity index (χ0) is 16.0. The molecule has 0 fully saturated rings. The first-order valence-electron chi connectivity index (χ1n) is 6.37. The maximum absolute atomic E-state index is 13.4. The Kier molecular flexibility index (Phi) is 3.65. The van der Waals surface area contributed by atoms with Gasteiger partial charge in [0.1, 0.15) is 5.65 Å². The minimum atomic E-state index is -2.78. The van der Waals surface area contributed by atoms with Gasteiger partial charge < -0.3 is 4.57 Å². The second kappa shape index (κ2) is 5.36. The lowest BCUT2D eigenvalue weighted by molar-refractivity contribution is 0.153. The molecule has 0 spiro atoms. The summed E-state index contributed by atoms with van der Waals surface area (Å²) in [5.74, 6) is 0. The monoisotopic (exact) mass is 339 g/mol. The van der Waals surface area contributed by atoms with Gasteiger partial charge in [0.15, 0.2) is 4.77 Å². The van der Waals surface area contributed by atoms with Gasteiger partial charge in [-0.2, -0.15) is 0 Å². The molecular formula is C14H11F2N3OS2. The first-order chi connectivity index (χ1) is 10.4. The van der Waals surface area contributed by atoms with E-state index in [0.717, 1.165) is 9.75 Å². The number of hydrogen-bond acceptors (Lipinski definition) is 4. The summed E-state index contributed by atoms with van der Waals surface area (Å²) in [5.41, 5.74) is -0.406.